The molecule has 0 spiro atoms. The molecule has 1 aliphatic rings. The molecule has 4 heteroatoms. The lowest BCUT2D eigenvalue weighted by Gasteiger charge is -2.08. The zero-order valence-corrected chi connectivity index (χ0v) is 11.1. The summed E-state index contributed by atoms with van der Waals surface area (Å²) in [7, 11) is -1.03. The zero-order valence-electron chi connectivity index (χ0n) is 9.37. The predicted molar refractivity (Wildman–Crippen MR) is 76.1 cm³/mol. The second kappa shape index (κ2) is 3.98. The maximum absolute atomic E-state index is 5.92. The molecular weight excluding hydrogens is 263 g/mol. The lowest BCUT2D eigenvalue weighted by Crippen LogP contribution is -2.05. The van der Waals surface area contributed by atoms with Crippen LogP contribution in [-0.2, 0) is 0 Å². The average molecular weight is 272 g/mol. The molecule has 3 aromatic rings. The van der Waals surface area contributed by atoms with Crippen LogP contribution in [0.3, 0.4) is 0 Å². The van der Waals surface area contributed by atoms with Crippen LogP contribution in [0.1, 0.15) is 0 Å². The van der Waals surface area contributed by atoms with Crippen LogP contribution in [-0.4, -0.2) is 0 Å². The summed E-state index contributed by atoms with van der Waals surface area (Å²) < 4.78 is 13.1. The number of hydrogen-bond donors (Lipinski definition) is 0. The van der Waals surface area contributed by atoms with E-state index >= 15 is 0 Å². The molecule has 18 heavy (non-hydrogen) atoms. The van der Waals surface area contributed by atoms with Gasteiger partial charge in [0.25, 0.3) is 0 Å². The Morgan fingerprint density at radius 2 is 1.61 bits per heavy atom. The SMILES string of the molecule is c1ccc2c(c1)OP(c1cccc3ccsc13)O2. The summed E-state index contributed by atoms with van der Waals surface area (Å²) in [6, 6.07) is 16.2. The zero-order chi connectivity index (χ0) is 11.9. The van der Waals surface area contributed by atoms with Crippen molar-refractivity contribution in [3.63, 3.8) is 0 Å². The third kappa shape index (κ3) is 1.52. The van der Waals surface area contributed by atoms with Gasteiger partial charge in [0, 0.05) is 4.70 Å². The predicted octanol–water partition coefficient (Wildman–Crippen LogP) is 4.31. The highest BCUT2D eigenvalue weighted by atomic mass is 32.1. The molecule has 2 aromatic carbocycles. The van der Waals surface area contributed by atoms with E-state index in [0.29, 0.717) is 0 Å². The molecular formula is C14H9O2PS. The van der Waals surface area contributed by atoms with Gasteiger partial charge in [0.1, 0.15) is 0 Å². The van der Waals surface area contributed by atoms with Gasteiger partial charge in [0.05, 0.1) is 5.30 Å². The molecule has 0 amide bonds. The first-order valence-electron chi connectivity index (χ1n) is 5.63. The molecule has 2 heterocycles. The Morgan fingerprint density at radius 1 is 0.833 bits per heavy atom. The van der Waals surface area contributed by atoms with Crippen molar-refractivity contribution in [2.75, 3.05) is 0 Å². The van der Waals surface area contributed by atoms with Gasteiger partial charge in [-0.25, -0.2) is 0 Å². The Kier molecular flexibility index (Phi) is 2.29. The van der Waals surface area contributed by atoms with E-state index in [2.05, 4.69) is 29.6 Å². The Bertz CT molecular complexity index is 697. The third-order valence-corrected chi connectivity index (χ3v) is 5.47. The van der Waals surface area contributed by atoms with Crippen LogP contribution < -0.4 is 14.4 Å². The fourth-order valence-corrected chi connectivity index (χ4v) is 4.61. The maximum atomic E-state index is 5.92. The minimum atomic E-state index is -1.03. The summed E-state index contributed by atoms with van der Waals surface area (Å²) in [5.41, 5.74) is 0. The molecule has 2 nitrogen and oxygen atoms in total. The van der Waals surface area contributed by atoms with E-state index in [1.807, 2.05) is 24.3 Å². The lowest BCUT2D eigenvalue weighted by molar-refractivity contribution is 0.588. The average Bonchev–Trinajstić information content (AvgIpc) is 3.04. The lowest BCUT2D eigenvalue weighted by atomic mass is 10.3. The Hall–Kier alpha value is -1.57. The van der Waals surface area contributed by atoms with Gasteiger partial charge in [-0.1, -0.05) is 24.3 Å². The van der Waals surface area contributed by atoms with E-state index in [4.69, 9.17) is 9.05 Å². The topological polar surface area (TPSA) is 18.5 Å². The monoisotopic (exact) mass is 272 g/mol. The van der Waals surface area contributed by atoms with Crippen LogP contribution in [0.2, 0.25) is 0 Å². The fourth-order valence-electron chi connectivity index (χ4n) is 2.02. The van der Waals surface area contributed by atoms with E-state index < -0.39 is 8.38 Å². The van der Waals surface area contributed by atoms with E-state index in [1.54, 1.807) is 11.3 Å². The van der Waals surface area contributed by atoms with Crippen molar-refractivity contribution in [1.29, 1.82) is 0 Å². The van der Waals surface area contributed by atoms with Crippen LogP contribution in [0.15, 0.2) is 53.9 Å². The largest absolute Gasteiger partial charge is 0.431 e. The van der Waals surface area contributed by atoms with Gasteiger partial charge in [0.2, 0.25) is 0 Å². The number of para-hydroxylation sites is 2. The van der Waals surface area contributed by atoms with E-state index in [9.17, 15) is 0 Å². The number of benzene rings is 2. The van der Waals surface area contributed by atoms with E-state index in [1.165, 1.54) is 10.1 Å². The molecule has 0 fully saturated rings. The second-order valence-electron chi connectivity index (χ2n) is 4.00. The van der Waals surface area contributed by atoms with E-state index in [-0.39, 0.29) is 0 Å². The highest BCUT2D eigenvalue weighted by Gasteiger charge is 2.29. The molecule has 88 valence electrons. The minimum Gasteiger partial charge on any atom is -0.431 e. The molecule has 0 saturated heterocycles. The van der Waals surface area contributed by atoms with Crippen LogP contribution in [0.4, 0.5) is 0 Å². The van der Waals surface area contributed by atoms with Gasteiger partial charge in [-0.15, -0.1) is 11.3 Å². The van der Waals surface area contributed by atoms with E-state index in [0.717, 1.165) is 16.8 Å². The van der Waals surface area contributed by atoms with Crippen molar-refractivity contribution in [3.8, 4) is 11.5 Å². The molecule has 0 N–H and O–H groups in total. The van der Waals surface area contributed by atoms with Gasteiger partial charge in [0.15, 0.2) is 11.5 Å². The Labute approximate surface area is 110 Å². The summed E-state index contributed by atoms with van der Waals surface area (Å²) in [4.78, 5) is 0. The van der Waals surface area contributed by atoms with Crippen molar-refractivity contribution in [3.05, 3.63) is 53.9 Å². The smallest absolute Gasteiger partial charge is 0.327 e. The van der Waals surface area contributed by atoms with Gasteiger partial charge in [-0.2, -0.15) is 0 Å². The molecule has 4 rings (SSSR count). The summed E-state index contributed by atoms with van der Waals surface area (Å²) in [6.45, 7) is 0. The molecule has 0 atom stereocenters. The third-order valence-electron chi connectivity index (χ3n) is 2.87. The van der Waals surface area contributed by atoms with Crippen LogP contribution in [0, 0.1) is 0 Å². The van der Waals surface area contributed by atoms with Gasteiger partial charge in [-0.3, -0.25) is 0 Å². The number of thiophene rings is 1. The standard InChI is InChI=1S/C14H9O2PS/c1-2-6-12-11(5-1)15-17(16-12)13-7-3-4-10-8-9-18-14(10)13/h1-9H. The van der Waals surface area contributed by atoms with Crippen molar-refractivity contribution in [2.24, 2.45) is 0 Å². The molecule has 0 aliphatic carbocycles. The highest BCUT2D eigenvalue weighted by Crippen LogP contribution is 2.52. The first-order chi connectivity index (χ1) is 8.92. The van der Waals surface area contributed by atoms with Gasteiger partial charge < -0.3 is 9.05 Å². The first kappa shape index (κ1) is 10.4. The Morgan fingerprint density at radius 3 is 2.39 bits per heavy atom. The summed E-state index contributed by atoms with van der Waals surface area (Å²) in [6.07, 6.45) is 0. The van der Waals surface area contributed by atoms with Crippen molar-refractivity contribution >= 4 is 35.1 Å². The number of fused-ring (bicyclic) bond motifs is 2. The summed E-state index contributed by atoms with van der Waals surface area (Å²) >= 11 is 1.74. The van der Waals surface area contributed by atoms with Crippen molar-refractivity contribution in [1.82, 2.24) is 0 Å². The van der Waals surface area contributed by atoms with Gasteiger partial charge >= 0.3 is 8.38 Å². The molecule has 1 aromatic heterocycles. The maximum Gasteiger partial charge on any atom is 0.327 e. The molecule has 0 radical (unpaired) electrons. The Balaban J connectivity index is 1.80. The number of hydrogen-bond acceptors (Lipinski definition) is 3. The highest BCUT2D eigenvalue weighted by molar-refractivity contribution is 7.58. The molecule has 0 bridgehead atoms. The number of rotatable bonds is 1. The normalized spacial score (nSPS) is 14.2. The fraction of sp³-hybridized carbons (Fsp3) is 0. The van der Waals surface area contributed by atoms with Crippen molar-refractivity contribution in [2.45, 2.75) is 0 Å². The molecule has 0 unspecified atom stereocenters. The minimum absolute atomic E-state index is 0.845. The first-order valence-corrected chi connectivity index (χ1v) is 7.69. The van der Waals surface area contributed by atoms with Crippen LogP contribution in [0.25, 0.3) is 10.1 Å². The summed E-state index contributed by atoms with van der Waals surface area (Å²) in [5, 5.41) is 4.52. The quantitative estimate of drug-likeness (QED) is 0.614. The van der Waals surface area contributed by atoms with Crippen LogP contribution >= 0.6 is 19.7 Å². The van der Waals surface area contributed by atoms with Gasteiger partial charge in [-0.05, 0) is 35.0 Å². The second-order valence-corrected chi connectivity index (χ2v) is 6.28. The molecule has 1 aliphatic heterocycles. The van der Waals surface area contributed by atoms with Crippen molar-refractivity contribution < 1.29 is 9.05 Å². The van der Waals surface area contributed by atoms with Crippen LogP contribution in [0.5, 0.6) is 11.5 Å². The summed E-state index contributed by atoms with van der Waals surface area (Å²) in [5.74, 6) is 1.69. The molecule has 0 saturated carbocycles.